The van der Waals surface area contributed by atoms with E-state index in [9.17, 15) is 20.1 Å². The van der Waals surface area contributed by atoms with Crippen LogP contribution in [0.2, 0.25) is 0 Å². The second-order valence-electron chi connectivity index (χ2n) is 4.60. The van der Waals surface area contributed by atoms with E-state index in [1.54, 1.807) is 0 Å². The van der Waals surface area contributed by atoms with Crippen molar-refractivity contribution in [3.8, 4) is 28.7 Å². The molecule has 22 heavy (non-hydrogen) atoms. The summed E-state index contributed by atoms with van der Waals surface area (Å²) in [6.07, 6.45) is 0. The van der Waals surface area contributed by atoms with Crippen LogP contribution in [0.3, 0.4) is 0 Å². The van der Waals surface area contributed by atoms with Gasteiger partial charge >= 0.3 is 0 Å². The number of aromatic hydroxyl groups is 3. The third-order valence-corrected chi connectivity index (χ3v) is 3.38. The Kier molecular flexibility index (Phi) is 2.98. The molecular weight excluding hydrogens is 292 g/mol. The van der Waals surface area contributed by atoms with Gasteiger partial charge in [-0.2, -0.15) is 0 Å². The van der Waals surface area contributed by atoms with E-state index in [1.165, 1.54) is 32.4 Å². The Labute approximate surface area is 123 Å². The van der Waals surface area contributed by atoms with Gasteiger partial charge < -0.3 is 29.2 Å². The molecule has 3 rings (SSSR count). The molecule has 0 aliphatic carbocycles. The largest absolute Gasteiger partial charge is 0.504 e. The van der Waals surface area contributed by atoms with E-state index in [0.717, 1.165) is 0 Å². The zero-order valence-electron chi connectivity index (χ0n) is 11.7. The fourth-order valence-electron chi connectivity index (χ4n) is 2.34. The summed E-state index contributed by atoms with van der Waals surface area (Å²) >= 11 is 0. The summed E-state index contributed by atoms with van der Waals surface area (Å²) < 4.78 is 15.3. The van der Waals surface area contributed by atoms with Crippen LogP contribution >= 0.6 is 0 Å². The van der Waals surface area contributed by atoms with Crippen molar-refractivity contribution in [1.29, 1.82) is 0 Å². The zero-order valence-corrected chi connectivity index (χ0v) is 11.7. The molecule has 114 valence electrons. The molecule has 1 heterocycles. The molecule has 2 aromatic carbocycles. The average Bonchev–Trinajstić information content (AvgIpc) is 2.47. The number of methoxy groups -OCH3 is 2. The van der Waals surface area contributed by atoms with Crippen LogP contribution in [0.1, 0.15) is 0 Å². The van der Waals surface area contributed by atoms with E-state index < -0.39 is 11.2 Å². The van der Waals surface area contributed by atoms with Gasteiger partial charge in [0.25, 0.3) is 0 Å². The minimum Gasteiger partial charge on any atom is -0.504 e. The van der Waals surface area contributed by atoms with Crippen molar-refractivity contribution in [2.45, 2.75) is 0 Å². The molecule has 0 saturated heterocycles. The quantitative estimate of drug-likeness (QED) is 0.622. The lowest BCUT2D eigenvalue weighted by molar-refractivity contribution is 0.346. The molecule has 0 aliphatic heterocycles. The van der Waals surface area contributed by atoms with E-state index in [1.807, 2.05) is 0 Å². The number of rotatable bonds is 2. The highest BCUT2D eigenvalue weighted by molar-refractivity contribution is 5.96. The molecule has 0 spiro atoms. The van der Waals surface area contributed by atoms with Gasteiger partial charge in [-0.15, -0.1) is 0 Å². The van der Waals surface area contributed by atoms with Crippen LogP contribution < -0.4 is 14.9 Å². The first kappa shape index (κ1) is 13.9. The van der Waals surface area contributed by atoms with Gasteiger partial charge in [0.15, 0.2) is 23.0 Å². The van der Waals surface area contributed by atoms with Gasteiger partial charge in [0.2, 0.25) is 11.2 Å². The van der Waals surface area contributed by atoms with Crippen LogP contribution in [-0.2, 0) is 0 Å². The van der Waals surface area contributed by atoms with Gasteiger partial charge in [-0.3, -0.25) is 4.79 Å². The molecule has 0 atom stereocenters. The third-order valence-electron chi connectivity index (χ3n) is 3.38. The van der Waals surface area contributed by atoms with Crippen LogP contribution in [0.5, 0.6) is 28.7 Å². The Morgan fingerprint density at radius 2 is 1.68 bits per heavy atom. The predicted octanol–water partition coefficient (Wildman–Crippen LogP) is 2.08. The number of benzene rings is 2. The Morgan fingerprint density at radius 1 is 0.955 bits per heavy atom. The molecule has 7 nitrogen and oxygen atoms in total. The molecule has 0 aliphatic rings. The standard InChI is InChI=1S/C15H12O7/c1-20-10-5-9-6(3-7(10)16)13(18)12-11(22-9)4-8(17)15(21-2)14(12)19/h3-5,16-17,19H,1-2H3. The molecule has 3 N–H and O–H groups in total. The lowest BCUT2D eigenvalue weighted by Crippen LogP contribution is -2.03. The van der Waals surface area contributed by atoms with Crippen molar-refractivity contribution < 1.29 is 29.2 Å². The molecule has 1 aromatic heterocycles. The number of phenols is 3. The number of phenolic OH excluding ortho intramolecular Hbond substituents is 3. The summed E-state index contributed by atoms with van der Waals surface area (Å²) in [5.41, 5.74) is -0.429. The first-order valence-electron chi connectivity index (χ1n) is 6.24. The van der Waals surface area contributed by atoms with E-state index in [4.69, 9.17) is 13.9 Å². The van der Waals surface area contributed by atoms with Gasteiger partial charge in [0, 0.05) is 12.1 Å². The van der Waals surface area contributed by atoms with Gasteiger partial charge in [0.05, 0.1) is 19.6 Å². The van der Waals surface area contributed by atoms with E-state index in [0.29, 0.717) is 0 Å². The molecule has 0 radical (unpaired) electrons. The van der Waals surface area contributed by atoms with E-state index in [-0.39, 0.29) is 44.9 Å². The number of hydrogen-bond acceptors (Lipinski definition) is 7. The third kappa shape index (κ3) is 1.79. The maximum atomic E-state index is 12.5. The molecule has 0 bridgehead atoms. The first-order chi connectivity index (χ1) is 10.5. The van der Waals surface area contributed by atoms with Gasteiger partial charge in [-0.1, -0.05) is 0 Å². The highest BCUT2D eigenvalue weighted by Gasteiger charge is 2.20. The topological polar surface area (TPSA) is 109 Å². The Bertz CT molecular complexity index is 956. The van der Waals surface area contributed by atoms with Crippen LogP contribution in [-0.4, -0.2) is 29.5 Å². The normalized spacial score (nSPS) is 11.0. The Balaban J connectivity index is 2.53. The monoisotopic (exact) mass is 304 g/mol. The van der Waals surface area contributed by atoms with Crippen molar-refractivity contribution >= 4 is 21.9 Å². The van der Waals surface area contributed by atoms with Gasteiger partial charge in [-0.25, -0.2) is 0 Å². The highest BCUT2D eigenvalue weighted by atomic mass is 16.5. The van der Waals surface area contributed by atoms with Crippen molar-refractivity contribution in [3.63, 3.8) is 0 Å². The number of hydrogen-bond donors (Lipinski definition) is 3. The summed E-state index contributed by atoms with van der Waals surface area (Å²) in [6.45, 7) is 0. The van der Waals surface area contributed by atoms with Crippen LogP contribution in [0.15, 0.2) is 27.4 Å². The number of ether oxygens (including phenoxy) is 2. The minimum atomic E-state index is -0.565. The molecule has 7 heteroatoms. The molecular formula is C15H12O7. The maximum Gasteiger partial charge on any atom is 0.204 e. The first-order valence-corrected chi connectivity index (χ1v) is 6.24. The maximum absolute atomic E-state index is 12.5. The molecule has 0 fully saturated rings. The lowest BCUT2D eigenvalue weighted by Gasteiger charge is -2.10. The van der Waals surface area contributed by atoms with Crippen LogP contribution in [0.4, 0.5) is 0 Å². The zero-order chi connectivity index (χ0) is 16.0. The smallest absolute Gasteiger partial charge is 0.204 e. The summed E-state index contributed by atoms with van der Waals surface area (Å²) in [4.78, 5) is 12.5. The minimum absolute atomic E-state index is 0.0129. The molecule has 0 unspecified atom stereocenters. The van der Waals surface area contributed by atoms with E-state index in [2.05, 4.69) is 0 Å². The van der Waals surface area contributed by atoms with Gasteiger partial charge in [0.1, 0.15) is 16.6 Å². The average molecular weight is 304 g/mol. The van der Waals surface area contributed by atoms with Crippen molar-refractivity contribution in [2.24, 2.45) is 0 Å². The summed E-state index contributed by atoms with van der Waals surface area (Å²) in [7, 11) is 2.61. The summed E-state index contributed by atoms with van der Waals surface area (Å²) in [6, 6.07) is 3.72. The second kappa shape index (κ2) is 4.73. The van der Waals surface area contributed by atoms with Crippen LogP contribution in [0, 0.1) is 0 Å². The van der Waals surface area contributed by atoms with Crippen LogP contribution in [0.25, 0.3) is 21.9 Å². The highest BCUT2D eigenvalue weighted by Crippen LogP contribution is 2.42. The molecule has 0 saturated carbocycles. The SMILES string of the molecule is COc1cc2oc3cc(O)c(OC)c(O)c3c(=O)c2cc1O. The Hall–Kier alpha value is -3.09. The molecule has 3 aromatic rings. The fraction of sp³-hybridized carbons (Fsp3) is 0.133. The van der Waals surface area contributed by atoms with Crippen molar-refractivity contribution in [1.82, 2.24) is 0 Å². The summed E-state index contributed by atoms with van der Waals surface area (Å²) in [5, 5.41) is 29.6. The van der Waals surface area contributed by atoms with Crippen molar-refractivity contribution in [2.75, 3.05) is 14.2 Å². The molecule has 0 amide bonds. The van der Waals surface area contributed by atoms with Gasteiger partial charge in [-0.05, 0) is 6.07 Å². The Morgan fingerprint density at radius 3 is 2.32 bits per heavy atom. The van der Waals surface area contributed by atoms with E-state index >= 15 is 0 Å². The summed E-state index contributed by atoms with van der Waals surface area (Å²) in [5.74, 6) is -1.20. The van der Waals surface area contributed by atoms with Crippen molar-refractivity contribution in [3.05, 3.63) is 28.4 Å². The second-order valence-corrected chi connectivity index (χ2v) is 4.60. The predicted molar refractivity (Wildman–Crippen MR) is 78.1 cm³/mol. The lowest BCUT2D eigenvalue weighted by atomic mass is 10.1. The fourth-order valence-corrected chi connectivity index (χ4v) is 2.34. The number of fused-ring (bicyclic) bond motifs is 2.